The zero-order chi connectivity index (χ0) is 13.9. The molecule has 4 heteroatoms. The number of rotatable bonds is 6. The Bertz CT molecular complexity index is 590. The number of hydrogen-bond donors (Lipinski definition) is 1. The average molecular weight is 288 g/mol. The van der Waals surface area contributed by atoms with Crippen LogP contribution < -0.4 is 10.1 Å². The molecule has 0 amide bonds. The standard InChI is InChI=1S/C16H20N2OS/c1-3-14-15(10-17-12-7-8-12)20-16(18-14)11-5-4-6-13(9-11)19-2/h4-6,9,12,17H,3,7-8,10H2,1-2H3. The third kappa shape index (κ3) is 3.02. The van der Waals surface area contributed by atoms with Crippen LogP contribution in [-0.2, 0) is 13.0 Å². The van der Waals surface area contributed by atoms with Gasteiger partial charge in [-0.2, -0.15) is 0 Å². The van der Waals surface area contributed by atoms with E-state index in [1.54, 1.807) is 18.4 Å². The molecule has 1 aromatic heterocycles. The molecule has 1 heterocycles. The molecular weight excluding hydrogens is 268 g/mol. The maximum absolute atomic E-state index is 5.29. The van der Waals surface area contributed by atoms with Crippen LogP contribution in [0.1, 0.15) is 30.3 Å². The number of benzene rings is 1. The fraction of sp³-hybridized carbons (Fsp3) is 0.438. The summed E-state index contributed by atoms with van der Waals surface area (Å²) in [7, 11) is 1.70. The van der Waals surface area contributed by atoms with Crippen LogP contribution in [0.3, 0.4) is 0 Å². The largest absolute Gasteiger partial charge is 0.497 e. The second-order valence-electron chi connectivity index (χ2n) is 5.13. The minimum Gasteiger partial charge on any atom is -0.497 e. The van der Waals surface area contributed by atoms with Crippen LogP contribution in [0.2, 0.25) is 0 Å². The van der Waals surface area contributed by atoms with Gasteiger partial charge in [-0.1, -0.05) is 19.1 Å². The molecule has 0 bridgehead atoms. The lowest BCUT2D eigenvalue weighted by atomic mass is 10.2. The van der Waals surface area contributed by atoms with Gasteiger partial charge in [-0.25, -0.2) is 4.98 Å². The minimum absolute atomic E-state index is 0.738. The molecule has 2 aromatic rings. The Morgan fingerprint density at radius 2 is 2.25 bits per heavy atom. The number of methoxy groups -OCH3 is 1. The smallest absolute Gasteiger partial charge is 0.124 e. The van der Waals surface area contributed by atoms with Crippen LogP contribution in [0.5, 0.6) is 5.75 Å². The summed E-state index contributed by atoms with van der Waals surface area (Å²) in [6.07, 6.45) is 3.63. The van der Waals surface area contributed by atoms with Gasteiger partial charge in [0.1, 0.15) is 10.8 Å². The molecular formula is C16H20N2OS. The van der Waals surface area contributed by atoms with Gasteiger partial charge < -0.3 is 10.1 Å². The Hall–Kier alpha value is -1.39. The van der Waals surface area contributed by atoms with E-state index in [0.717, 1.165) is 35.3 Å². The Labute approximate surface area is 124 Å². The molecule has 20 heavy (non-hydrogen) atoms. The number of ether oxygens (including phenoxy) is 1. The van der Waals surface area contributed by atoms with Gasteiger partial charge in [-0.15, -0.1) is 11.3 Å². The van der Waals surface area contributed by atoms with Crippen molar-refractivity contribution < 1.29 is 4.74 Å². The second-order valence-corrected chi connectivity index (χ2v) is 6.21. The van der Waals surface area contributed by atoms with Crippen LogP contribution in [0.25, 0.3) is 10.6 Å². The van der Waals surface area contributed by atoms with Gasteiger partial charge in [-0.3, -0.25) is 0 Å². The van der Waals surface area contributed by atoms with Crippen LogP contribution in [0.15, 0.2) is 24.3 Å². The lowest BCUT2D eigenvalue weighted by Crippen LogP contribution is -2.15. The molecule has 0 atom stereocenters. The number of nitrogens with one attached hydrogen (secondary N) is 1. The van der Waals surface area contributed by atoms with Crippen molar-refractivity contribution in [2.45, 2.75) is 38.8 Å². The quantitative estimate of drug-likeness (QED) is 0.881. The Kier molecular flexibility index (Phi) is 4.03. The first kappa shape index (κ1) is 13.6. The van der Waals surface area contributed by atoms with Gasteiger partial charge in [0, 0.05) is 23.0 Å². The topological polar surface area (TPSA) is 34.1 Å². The van der Waals surface area contributed by atoms with Crippen molar-refractivity contribution in [3.05, 3.63) is 34.8 Å². The SMILES string of the molecule is CCc1nc(-c2cccc(OC)c2)sc1CNC1CC1. The summed E-state index contributed by atoms with van der Waals surface area (Å²) in [5.74, 6) is 0.883. The summed E-state index contributed by atoms with van der Waals surface area (Å²) in [6.45, 7) is 3.13. The molecule has 0 aliphatic heterocycles. The Balaban J connectivity index is 1.84. The lowest BCUT2D eigenvalue weighted by molar-refractivity contribution is 0.415. The van der Waals surface area contributed by atoms with E-state index < -0.39 is 0 Å². The van der Waals surface area contributed by atoms with Crippen molar-refractivity contribution in [2.24, 2.45) is 0 Å². The molecule has 0 spiro atoms. The van der Waals surface area contributed by atoms with Crippen molar-refractivity contribution in [1.29, 1.82) is 0 Å². The number of thiazole rings is 1. The fourth-order valence-corrected chi connectivity index (χ4v) is 3.30. The van der Waals surface area contributed by atoms with Crippen molar-refractivity contribution >= 4 is 11.3 Å². The first-order valence-electron chi connectivity index (χ1n) is 7.16. The van der Waals surface area contributed by atoms with E-state index in [2.05, 4.69) is 24.4 Å². The number of nitrogens with zero attached hydrogens (tertiary/aromatic N) is 1. The van der Waals surface area contributed by atoms with Crippen LogP contribution in [0, 0.1) is 0 Å². The summed E-state index contributed by atoms with van der Waals surface area (Å²) in [4.78, 5) is 6.17. The fourth-order valence-electron chi connectivity index (χ4n) is 2.20. The second kappa shape index (κ2) is 5.94. The van der Waals surface area contributed by atoms with Gasteiger partial charge in [0.25, 0.3) is 0 Å². The van der Waals surface area contributed by atoms with Crippen LogP contribution >= 0.6 is 11.3 Å². The van der Waals surface area contributed by atoms with E-state index in [-0.39, 0.29) is 0 Å². The van der Waals surface area contributed by atoms with Crippen LogP contribution in [-0.4, -0.2) is 18.1 Å². The molecule has 0 saturated heterocycles. The summed E-state index contributed by atoms with van der Waals surface area (Å²) in [5, 5.41) is 4.67. The van der Waals surface area contributed by atoms with Gasteiger partial charge in [0.15, 0.2) is 0 Å². The van der Waals surface area contributed by atoms with Crippen LogP contribution in [0.4, 0.5) is 0 Å². The summed E-state index contributed by atoms with van der Waals surface area (Å²) in [5.41, 5.74) is 2.36. The highest BCUT2D eigenvalue weighted by Crippen LogP contribution is 2.31. The normalized spacial score (nSPS) is 14.5. The molecule has 0 radical (unpaired) electrons. The van der Waals surface area contributed by atoms with Crippen molar-refractivity contribution in [3.8, 4) is 16.3 Å². The molecule has 1 aromatic carbocycles. The summed E-state index contributed by atoms with van der Waals surface area (Å²) < 4.78 is 5.29. The van der Waals surface area contributed by atoms with Gasteiger partial charge in [0.05, 0.1) is 12.8 Å². The Morgan fingerprint density at radius 1 is 1.40 bits per heavy atom. The van der Waals surface area contributed by atoms with E-state index in [4.69, 9.17) is 9.72 Å². The third-order valence-corrected chi connectivity index (χ3v) is 4.71. The maximum atomic E-state index is 5.29. The average Bonchev–Trinajstić information content (AvgIpc) is 3.23. The highest BCUT2D eigenvalue weighted by atomic mass is 32.1. The lowest BCUT2D eigenvalue weighted by Gasteiger charge is -2.01. The predicted octanol–water partition coefficient (Wildman–Crippen LogP) is 3.63. The van der Waals surface area contributed by atoms with E-state index >= 15 is 0 Å². The molecule has 1 aliphatic rings. The molecule has 0 unspecified atom stereocenters. The predicted molar refractivity (Wildman–Crippen MR) is 83.3 cm³/mol. The number of aromatic nitrogens is 1. The van der Waals surface area contributed by atoms with E-state index in [1.807, 2.05) is 12.1 Å². The van der Waals surface area contributed by atoms with Gasteiger partial charge in [0.2, 0.25) is 0 Å². The zero-order valence-electron chi connectivity index (χ0n) is 12.0. The Morgan fingerprint density at radius 3 is 2.95 bits per heavy atom. The number of hydrogen-bond acceptors (Lipinski definition) is 4. The van der Waals surface area contributed by atoms with Gasteiger partial charge >= 0.3 is 0 Å². The third-order valence-electron chi connectivity index (χ3n) is 3.56. The molecule has 3 rings (SSSR count). The molecule has 1 saturated carbocycles. The van der Waals surface area contributed by atoms with Crippen molar-refractivity contribution in [1.82, 2.24) is 10.3 Å². The zero-order valence-corrected chi connectivity index (χ0v) is 12.8. The molecule has 1 N–H and O–H groups in total. The van der Waals surface area contributed by atoms with Crippen molar-refractivity contribution in [3.63, 3.8) is 0 Å². The van der Waals surface area contributed by atoms with Crippen molar-refractivity contribution in [2.75, 3.05) is 7.11 Å². The molecule has 3 nitrogen and oxygen atoms in total. The first-order chi connectivity index (χ1) is 9.80. The van der Waals surface area contributed by atoms with E-state index in [0.29, 0.717) is 0 Å². The van der Waals surface area contributed by atoms with Gasteiger partial charge in [-0.05, 0) is 31.4 Å². The summed E-state index contributed by atoms with van der Waals surface area (Å²) >= 11 is 1.80. The van der Waals surface area contributed by atoms with E-state index in [1.165, 1.54) is 23.4 Å². The monoisotopic (exact) mass is 288 g/mol. The molecule has 1 aliphatic carbocycles. The maximum Gasteiger partial charge on any atom is 0.124 e. The molecule has 106 valence electrons. The van der Waals surface area contributed by atoms with E-state index in [9.17, 15) is 0 Å². The highest BCUT2D eigenvalue weighted by Gasteiger charge is 2.21. The highest BCUT2D eigenvalue weighted by molar-refractivity contribution is 7.15. The number of aryl methyl sites for hydroxylation is 1. The minimum atomic E-state index is 0.738. The summed E-state index contributed by atoms with van der Waals surface area (Å²) in [6, 6.07) is 8.87. The molecule has 1 fully saturated rings. The first-order valence-corrected chi connectivity index (χ1v) is 7.98.